The molecule has 0 atom stereocenters. The first kappa shape index (κ1) is 16.6. The van der Waals surface area contributed by atoms with Gasteiger partial charge in [-0.05, 0) is 12.5 Å². The predicted octanol–water partition coefficient (Wildman–Crippen LogP) is 0.305. The maximum absolute atomic E-state index is 12.6. The van der Waals surface area contributed by atoms with Gasteiger partial charge in [-0.25, -0.2) is 14.8 Å². The topological polar surface area (TPSA) is 87.5 Å². The molecule has 2 amide bonds. The van der Waals surface area contributed by atoms with E-state index in [0.717, 1.165) is 44.8 Å². The smallest absolute Gasteiger partial charge is 0.338 e. The lowest BCUT2D eigenvalue weighted by Crippen LogP contribution is -2.49. The third-order valence-electron chi connectivity index (χ3n) is 4.84. The van der Waals surface area contributed by atoms with Crippen LogP contribution in [0.25, 0.3) is 0 Å². The van der Waals surface area contributed by atoms with E-state index in [-0.39, 0.29) is 11.9 Å². The summed E-state index contributed by atoms with van der Waals surface area (Å²) in [6, 6.07) is 1.71. The van der Waals surface area contributed by atoms with Gasteiger partial charge in [0, 0.05) is 58.2 Å². The second-order valence-electron chi connectivity index (χ2n) is 6.57. The minimum Gasteiger partial charge on any atom is -0.338 e. The zero-order valence-corrected chi connectivity index (χ0v) is 14.5. The molecule has 0 saturated carbocycles. The van der Waals surface area contributed by atoms with Crippen molar-refractivity contribution in [3.05, 3.63) is 42.2 Å². The van der Waals surface area contributed by atoms with Gasteiger partial charge in [0.05, 0.1) is 17.5 Å². The van der Waals surface area contributed by atoms with Gasteiger partial charge in [0.25, 0.3) is 5.91 Å². The number of carbonyl (C=O) groups excluding carboxylic acids is 2. The molecule has 2 aliphatic heterocycles. The fourth-order valence-corrected chi connectivity index (χ4v) is 3.12. The van der Waals surface area contributed by atoms with Crippen molar-refractivity contribution in [1.29, 1.82) is 0 Å². The van der Waals surface area contributed by atoms with Crippen LogP contribution in [0.5, 0.6) is 0 Å². The van der Waals surface area contributed by atoms with Gasteiger partial charge in [-0.2, -0.15) is 9.78 Å². The van der Waals surface area contributed by atoms with Crippen LogP contribution in [-0.4, -0.2) is 85.7 Å². The first-order chi connectivity index (χ1) is 12.7. The number of hydrogen-bond donors (Lipinski definition) is 0. The number of carbonyl (C=O) groups is 2. The molecule has 9 nitrogen and oxygen atoms in total. The zero-order chi connectivity index (χ0) is 17.9. The highest BCUT2D eigenvalue weighted by atomic mass is 16.2. The molecule has 2 saturated heterocycles. The van der Waals surface area contributed by atoms with Crippen molar-refractivity contribution >= 4 is 11.9 Å². The summed E-state index contributed by atoms with van der Waals surface area (Å²) in [6.07, 6.45) is 7.34. The number of aromatic nitrogens is 4. The Labute approximate surface area is 151 Å². The summed E-state index contributed by atoms with van der Waals surface area (Å²) in [4.78, 5) is 38.7. The van der Waals surface area contributed by atoms with Crippen LogP contribution in [0.4, 0.5) is 4.79 Å². The van der Waals surface area contributed by atoms with Crippen LogP contribution >= 0.6 is 0 Å². The van der Waals surface area contributed by atoms with Crippen molar-refractivity contribution in [1.82, 2.24) is 34.4 Å². The molecule has 2 fully saturated rings. The first-order valence-electron chi connectivity index (χ1n) is 8.81. The predicted molar refractivity (Wildman–Crippen MR) is 92.4 cm³/mol. The molecule has 0 bridgehead atoms. The summed E-state index contributed by atoms with van der Waals surface area (Å²) in [7, 11) is 0. The molecule has 0 aliphatic carbocycles. The average Bonchev–Trinajstić information content (AvgIpc) is 3.11. The Morgan fingerprint density at radius 1 is 1.04 bits per heavy atom. The Hall–Kier alpha value is -2.81. The van der Waals surface area contributed by atoms with Gasteiger partial charge < -0.3 is 9.80 Å². The fraction of sp³-hybridized carbons (Fsp3) is 0.471. The molecule has 4 heterocycles. The van der Waals surface area contributed by atoms with Crippen molar-refractivity contribution in [3.63, 3.8) is 0 Å². The lowest BCUT2D eigenvalue weighted by Gasteiger charge is -2.34. The van der Waals surface area contributed by atoms with E-state index in [1.54, 1.807) is 22.3 Å². The molecule has 2 aromatic rings. The molecule has 2 aliphatic rings. The third-order valence-corrected chi connectivity index (χ3v) is 4.84. The van der Waals surface area contributed by atoms with Gasteiger partial charge in [-0.1, -0.05) is 0 Å². The van der Waals surface area contributed by atoms with Gasteiger partial charge in [0.1, 0.15) is 6.33 Å². The fourth-order valence-electron chi connectivity index (χ4n) is 3.12. The number of rotatable bonds is 3. The van der Waals surface area contributed by atoms with E-state index in [9.17, 15) is 9.59 Å². The Bertz CT molecular complexity index is 779. The van der Waals surface area contributed by atoms with Gasteiger partial charge in [0.15, 0.2) is 0 Å². The van der Waals surface area contributed by atoms with Crippen molar-refractivity contribution < 1.29 is 9.59 Å². The van der Waals surface area contributed by atoms with Crippen LogP contribution in [0.15, 0.2) is 31.0 Å². The third kappa shape index (κ3) is 3.43. The highest BCUT2D eigenvalue weighted by molar-refractivity contribution is 5.94. The number of likely N-dealkylation sites (tertiary alicyclic amines) is 1. The Kier molecular flexibility index (Phi) is 4.61. The van der Waals surface area contributed by atoms with Crippen LogP contribution in [0.1, 0.15) is 22.5 Å². The number of nitrogens with zero attached hydrogens (tertiary/aromatic N) is 7. The highest BCUT2D eigenvalue weighted by Crippen LogP contribution is 2.13. The Morgan fingerprint density at radius 2 is 1.85 bits per heavy atom. The maximum Gasteiger partial charge on any atom is 0.344 e. The average molecular weight is 355 g/mol. The van der Waals surface area contributed by atoms with Crippen LogP contribution in [0.2, 0.25) is 0 Å². The number of amides is 2. The molecular formula is C17H21N7O2. The lowest BCUT2D eigenvalue weighted by molar-refractivity contribution is 0.0652. The van der Waals surface area contributed by atoms with E-state index in [1.807, 2.05) is 6.07 Å². The summed E-state index contributed by atoms with van der Waals surface area (Å²) >= 11 is 0. The summed E-state index contributed by atoms with van der Waals surface area (Å²) in [6.45, 7) is 5.12. The van der Waals surface area contributed by atoms with E-state index in [1.165, 1.54) is 17.1 Å². The standard InChI is InChI=1S/C17H21N7O2/c25-16(22-4-1-5-22)14-10-20-24(11-14)17(26)23-8-6-21(7-9-23)12-15-2-3-18-13-19-15/h2-3,10-11,13H,1,4-9,12H2. The molecule has 26 heavy (non-hydrogen) atoms. The van der Waals surface area contributed by atoms with E-state index >= 15 is 0 Å². The van der Waals surface area contributed by atoms with Crippen molar-refractivity contribution in [3.8, 4) is 0 Å². The van der Waals surface area contributed by atoms with E-state index in [4.69, 9.17) is 0 Å². The van der Waals surface area contributed by atoms with Crippen LogP contribution in [-0.2, 0) is 6.54 Å². The van der Waals surface area contributed by atoms with Crippen molar-refractivity contribution in [2.24, 2.45) is 0 Å². The van der Waals surface area contributed by atoms with E-state index in [2.05, 4.69) is 20.0 Å². The number of piperazine rings is 1. The van der Waals surface area contributed by atoms with E-state index < -0.39 is 0 Å². The lowest BCUT2D eigenvalue weighted by atomic mass is 10.2. The quantitative estimate of drug-likeness (QED) is 0.787. The first-order valence-corrected chi connectivity index (χ1v) is 8.81. The minimum atomic E-state index is -0.186. The summed E-state index contributed by atoms with van der Waals surface area (Å²) in [5, 5.41) is 4.09. The largest absolute Gasteiger partial charge is 0.344 e. The summed E-state index contributed by atoms with van der Waals surface area (Å²) < 4.78 is 1.27. The maximum atomic E-state index is 12.6. The Balaban J connectivity index is 1.32. The second-order valence-corrected chi connectivity index (χ2v) is 6.57. The molecule has 0 unspecified atom stereocenters. The van der Waals surface area contributed by atoms with Gasteiger partial charge >= 0.3 is 6.03 Å². The van der Waals surface area contributed by atoms with E-state index in [0.29, 0.717) is 18.7 Å². The molecule has 4 rings (SSSR count). The molecule has 0 aromatic carbocycles. The second kappa shape index (κ2) is 7.20. The molecule has 2 aromatic heterocycles. The summed E-state index contributed by atoms with van der Waals surface area (Å²) in [5.74, 6) is -0.0510. The Morgan fingerprint density at radius 3 is 2.50 bits per heavy atom. The number of hydrogen-bond acceptors (Lipinski definition) is 6. The van der Waals surface area contributed by atoms with Crippen LogP contribution in [0.3, 0.4) is 0 Å². The van der Waals surface area contributed by atoms with Crippen molar-refractivity contribution in [2.45, 2.75) is 13.0 Å². The van der Waals surface area contributed by atoms with Gasteiger partial charge in [-0.15, -0.1) is 0 Å². The molecule has 9 heteroatoms. The summed E-state index contributed by atoms with van der Waals surface area (Å²) in [5.41, 5.74) is 1.45. The van der Waals surface area contributed by atoms with Gasteiger partial charge in [0.2, 0.25) is 0 Å². The monoisotopic (exact) mass is 355 g/mol. The molecule has 0 spiro atoms. The van der Waals surface area contributed by atoms with Crippen LogP contribution < -0.4 is 0 Å². The van der Waals surface area contributed by atoms with Crippen molar-refractivity contribution in [2.75, 3.05) is 39.3 Å². The highest BCUT2D eigenvalue weighted by Gasteiger charge is 2.26. The van der Waals surface area contributed by atoms with Gasteiger partial charge in [-0.3, -0.25) is 9.69 Å². The molecule has 136 valence electrons. The SMILES string of the molecule is O=C(c1cnn(C(=O)N2CCN(Cc3ccncn3)CC2)c1)N1CCC1. The minimum absolute atomic E-state index is 0.0510. The van der Waals surface area contributed by atoms with Crippen LogP contribution in [0, 0.1) is 0 Å². The normalized spacial score (nSPS) is 17.8. The molecule has 0 radical (unpaired) electrons. The zero-order valence-electron chi connectivity index (χ0n) is 14.5. The molecular weight excluding hydrogens is 334 g/mol. The molecule has 0 N–H and O–H groups in total.